The van der Waals surface area contributed by atoms with E-state index in [9.17, 15) is 4.79 Å². The zero-order valence-electron chi connectivity index (χ0n) is 10.7. The van der Waals surface area contributed by atoms with Crippen LogP contribution >= 0.6 is 0 Å². The van der Waals surface area contributed by atoms with Crippen molar-refractivity contribution in [2.24, 2.45) is 0 Å². The summed E-state index contributed by atoms with van der Waals surface area (Å²) in [7, 11) is 0. The summed E-state index contributed by atoms with van der Waals surface area (Å²) >= 11 is 0. The number of ketones is 1. The molecule has 0 amide bonds. The number of aryl methyl sites for hydroxylation is 1. The van der Waals surface area contributed by atoms with Crippen LogP contribution in [0.25, 0.3) is 0 Å². The lowest BCUT2D eigenvalue weighted by Crippen LogP contribution is -2.10. The van der Waals surface area contributed by atoms with Gasteiger partial charge in [0.05, 0.1) is 0 Å². The molecular formula is C17H18O. The molecule has 0 heterocycles. The van der Waals surface area contributed by atoms with Crippen molar-refractivity contribution in [3.8, 4) is 0 Å². The summed E-state index contributed by atoms with van der Waals surface area (Å²) < 4.78 is 0. The van der Waals surface area contributed by atoms with Crippen molar-refractivity contribution in [3.63, 3.8) is 0 Å². The first-order chi connectivity index (χ1) is 8.77. The molecule has 0 spiro atoms. The van der Waals surface area contributed by atoms with Gasteiger partial charge >= 0.3 is 0 Å². The van der Waals surface area contributed by atoms with Crippen molar-refractivity contribution in [2.75, 3.05) is 0 Å². The smallest absolute Gasteiger partial charge is 0.140 e. The first-order valence-corrected chi connectivity index (χ1v) is 6.39. The Morgan fingerprint density at radius 2 is 1.50 bits per heavy atom. The van der Waals surface area contributed by atoms with E-state index in [4.69, 9.17) is 0 Å². The van der Waals surface area contributed by atoms with Crippen molar-refractivity contribution in [1.82, 2.24) is 0 Å². The molecule has 0 radical (unpaired) electrons. The minimum atomic E-state index is -0.00471. The lowest BCUT2D eigenvalue weighted by molar-refractivity contribution is -0.120. The molecular weight excluding hydrogens is 220 g/mol. The number of hydrogen-bond donors (Lipinski definition) is 0. The molecule has 18 heavy (non-hydrogen) atoms. The molecule has 2 rings (SSSR count). The molecule has 92 valence electrons. The average Bonchev–Trinajstić information content (AvgIpc) is 2.46. The highest BCUT2D eigenvalue weighted by molar-refractivity contribution is 5.85. The van der Waals surface area contributed by atoms with Gasteiger partial charge in [-0.2, -0.15) is 0 Å². The molecule has 1 atom stereocenters. The van der Waals surface area contributed by atoms with Gasteiger partial charge in [-0.1, -0.05) is 67.6 Å². The number of carbonyl (C=O) groups excluding carboxylic acids is 1. The maximum Gasteiger partial charge on any atom is 0.140 e. The molecule has 2 aromatic carbocycles. The molecule has 2 aromatic rings. The van der Waals surface area contributed by atoms with Gasteiger partial charge < -0.3 is 0 Å². The third-order valence-corrected chi connectivity index (χ3v) is 3.29. The number of carbonyl (C=O) groups is 1. The fraction of sp³-hybridized carbons (Fsp3) is 0.235. The molecule has 0 aliphatic heterocycles. The molecule has 0 aromatic heterocycles. The van der Waals surface area contributed by atoms with Crippen LogP contribution in [-0.4, -0.2) is 5.78 Å². The summed E-state index contributed by atoms with van der Waals surface area (Å²) in [5.74, 6) is 0.306. The molecule has 0 aliphatic rings. The van der Waals surface area contributed by atoms with E-state index in [-0.39, 0.29) is 5.92 Å². The first kappa shape index (κ1) is 12.6. The van der Waals surface area contributed by atoms with Gasteiger partial charge in [0.1, 0.15) is 5.78 Å². The average molecular weight is 238 g/mol. The van der Waals surface area contributed by atoms with E-state index in [1.54, 1.807) is 0 Å². The Morgan fingerprint density at radius 1 is 0.944 bits per heavy atom. The topological polar surface area (TPSA) is 17.1 Å². The Kier molecular flexibility index (Phi) is 4.30. The second-order valence-corrected chi connectivity index (χ2v) is 4.58. The van der Waals surface area contributed by atoms with Crippen molar-refractivity contribution < 1.29 is 4.79 Å². The van der Waals surface area contributed by atoms with Crippen LogP contribution in [0.2, 0.25) is 0 Å². The van der Waals surface area contributed by atoms with Crippen LogP contribution in [0, 0.1) is 0 Å². The fourth-order valence-corrected chi connectivity index (χ4v) is 2.06. The lowest BCUT2D eigenvalue weighted by atomic mass is 9.93. The number of benzene rings is 2. The standard InChI is InChI=1S/C17H18O/c1-14(16-10-6-3-7-11-16)17(18)13-12-15-8-4-2-5-9-15/h2-11,14H,12-13H2,1H3/t14-/m0/s1. The molecule has 1 nitrogen and oxygen atoms in total. The normalized spacial score (nSPS) is 12.1. The second-order valence-electron chi connectivity index (χ2n) is 4.58. The van der Waals surface area contributed by atoms with E-state index in [1.165, 1.54) is 5.56 Å². The summed E-state index contributed by atoms with van der Waals surface area (Å²) in [4.78, 5) is 12.1. The summed E-state index contributed by atoms with van der Waals surface area (Å²) in [5.41, 5.74) is 2.33. The van der Waals surface area contributed by atoms with Crippen molar-refractivity contribution >= 4 is 5.78 Å². The maximum absolute atomic E-state index is 12.1. The van der Waals surface area contributed by atoms with Crippen LogP contribution in [0.4, 0.5) is 0 Å². The fourth-order valence-electron chi connectivity index (χ4n) is 2.06. The van der Waals surface area contributed by atoms with Crippen LogP contribution in [0.5, 0.6) is 0 Å². The van der Waals surface area contributed by atoms with Gasteiger partial charge in [0, 0.05) is 12.3 Å². The number of Topliss-reactive ketones (excluding diaryl/α,β-unsaturated/α-hetero) is 1. The van der Waals surface area contributed by atoms with Gasteiger partial charge in [0.15, 0.2) is 0 Å². The van der Waals surface area contributed by atoms with E-state index in [0.717, 1.165) is 12.0 Å². The van der Waals surface area contributed by atoms with E-state index >= 15 is 0 Å². The van der Waals surface area contributed by atoms with Gasteiger partial charge in [-0.05, 0) is 17.5 Å². The second kappa shape index (κ2) is 6.15. The molecule has 0 fully saturated rings. The highest BCUT2D eigenvalue weighted by Crippen LogP contribution is 2.18. The monoisotopic (exact) mass is 238 g/mol. The quantitative estimate of drug-likeness (QED) is 0.769. The number of hydrogen-bond acceptors (Lipinski definition) is 1. The van der Waals surface area contributed by atoms with Gasteiger partial charge in [-0.15, -0.1) is 0 Å². The Bertz CT molecular complexity index is 488. The predicted octanol–water partition coefficient (Wildman–Crippen LogP) is 3.99. The molecule has 0 N–H and O–H groups in total. The van der Waals surface area contributed by atoms with Crippen LogP contribution < -0.4 is 0 Å². The zero-order chi connectivity index (χ0) is 12.8. The Morgan fingerprint density at radius 3 is 2.11 bits per heavy atom. The third-order valence-electron chi connectivity index (χ3n) is 3.29. The van der Waals surface area contributed by atoms with Crippen LogP contribution in [-0.2, 0) is 11.2 Å². The van der Waals surface area contributed by atoms with Gasteiger partial charge in [-0.25, -0.2) is 0 Å². The van der Waals surface area contributed by atoms with E-state index < -0.39 is 0 Å². The molecule has 0 aliphatic carbocycles. The van der Waals surface area contributed by atoms with E-state index in [0.29, 0.717) is 12.2 Å². The van der Waals surface area contributed by atoms with Crippen molar-refractivity contribution in [1.29, 1.82) is 0 Å². The third kappa shape index (κ3) is 3.30. The molecule has 0 bridgehead atoms. The van der Waals surface area contributed by atoms with Gasteiger partial charge in [0.2, 0.25) is 0 Å². The zero-order valence-corrected chi connectivity index (χ0v) is 10.7. The highest BCUT2D eigenvalue weighted by atomic mass is 16.1. The van der Waals surface area contributed by atoms with Gasteiger partial charge in [-0.3, -0.25) is 4.79 Å². The molecule has 0 unspecified atom stereocenters. The number of rotatable bonds is 5. The molecule has 0 saturated carbocycles. The Labute approximate surface area is 108 Å². The summed E-state index contributed by atoms with van der Waals surface area (Å²) in [6.07, 6.45) is 1.44. The molecule has 0 saturated heterocycles. The minimum Gasteiger partial charge on any atom is -0.299 e. The Balaban J connectivity index is 1.93. The SMILES string of the molecule is C[C@H](C(=O)CCc1ccccc1)c1ccccc1. The van der Waals surface area contributed by atoms with Gasteiger partial charge in [0.25, 0.3) is 0 Å². The molecule has 1 heteroatoms. The summed E-state index contributed by atoms with van der Waals surface area (Å²) in [5, 5.41) is 0. The van der Waals surface area contributed by atoms with E-state index in [1.807, 2.05) is 55.5 Å². The summed E-state index contributed by atoms with van der Waals surface area (Å²) in [6.45, 7) is 1.99. The highest BCUT2D eigenvalue weighted by Gasteiger charge is 2.14. The van der Waals surface area contributed by atoms with E-state index in [2.05, 4.69) is 12.1 Å². The van der Waals surface area contributed by atoms with Crippen LogP contribution in [0.3, 0.4) is 0 Å². The van der Waals surface area contributed by atoms with Crippen molar-refractivity contribution in [3.05, 3.63) is 71.8 Å². The lowest BCUT2D eigenvalue weighted by Gasteiger charge is -2.10. The Hall–Kier alpha value is -1.89. The minimum absolute atomic E-state index is 0.00471. The van der Waals surface area contributed by atoms with Crippen LogP contribution in [0.1, 0.15) is 30.4 Å². The first-order valence-electron chi connectivity index (χ1n) is 6.39. The van der Waals surface area contributed by atoms with Crippen LogP contribution in [0.15, 0.2) is 60.7 Å². The van der Waals surface area contributed by atoms with Crippen molar-refractivity contribution in [2.45, 2.75) is 25.7 Å². The summed E-state index contributed by atoms with van der Waals surface area (Å²) in [6, 6.07) is 20.1. The predicted molar refractivity (Wildman–Crippen MR) is 74.6 cm³/mol. The largest absolute Gasteiger partial charge is 0.299 e. The maximum atomic E-state index is 12.1.